The van der Waals surface area contributed by atoms with Gasteiger partial charge in [-0.1, -0.05) is 15.9 Å². The van der Waals surface area contributed by atoms with Crippen molar-refractivity contribution in [3.05, 3.63) is 0 Å². The predicted molar refractivity (Wildman–Crippen MR) is 60.4 cm³/mol. The summed E-state index contributed by atoms with van der Waals surface area (Å²) in [5.74, 6) is -1.17. The SMILES string of the molecule is CC(OCCNC(=O)CBr)OC(C)C(=O)O. The maximum atomic E-state index is 10.8. The normalized spacial score (nSPS) is 14.2. The molecule has 0 radical (unpaired) electrons. The molecule has 0 fully saturated rings. The van der Waals surface area contributed by atoms with Gasteiger partial charge in [-0.15, -0.1) is 0 Å². The van der Waals surface area contributed by atoms with Crippen LogP contribution in [0.3, 0.4) is 0 Å². The van der Waals surface area contributed by atoms with E-state index < -0.39 is 18.4 Å². The second-order valence-corrected chi connectivity index (χ2v) is 3.60. The molecule has 0 bridgehead atoms. The minimum Gasteiger partial charge on any atom is -0.479 e. The number of carboxylic acid groups (broad SMARTS) is 1. The van der Waals surface area contributed by atoms with Crippen LogP contribution in [-0.4, -0.2) is 47.9 Å². The molecule has 0 spiro atoms. The molecule has 2 atom stereocenters. The van der Waals surface area contributed by atoms with Crippen molar-refractivity contribution >= 4 is 27.8 Å². The molecule has 0 saturated carbocycles. The largest absolute Gasteiger partial charge is 0.479 e. The lowest BCUT2D eigenvalue weighted by molar-refractivity contribution is -0.180. The number of ether oxygens (including phenoxy) is 2. The molecule has 1 amide bonds. The molecule has 2 unspecified atom stereocenters. The summed E-state index contributed by atoms with van der Waals surface area (Å²) in [6.07, 6.45) is -1.53. The molecule has 0 saturated heterocycles. The molecule has 0 aliphatic rings. The summed E-state index contributed by atoms with van der Waals surface area (Å²) in [6.45, 7) is 3.66. The van der Waals surface area contributed by atoms with E-state index >= 15 is 0 Å². The first-order chi connectivity index (χ1) is 7.47. The number of alkyl halides is 1. The van der Waals surface area contributed by atoms with Gasteiger partial charge in [-0.05, 0) is 13.8 Å². The Bertz CT molecular complexity index is 236. The highest BCUT2D eigenvalue weighted by molar-refractivity contribution is 9.09. The molecule has 0 rings (SSSR count). The van der Waals surface area contributed by atoms with Gasteiger partial charge in [0.25, 0.3) is 0 Å². The zero-order valence-corrected chi connectivity index (χ0v) is 10.8. The summed E-state index contributed by atoms with van der Waals surface area (Å²) in [5, 5.41) is 11.4. The minimum absolute atomic E-state index is 0.129. The molecular formula is C9H16BrNO5. The number of carboxylic acids is 1. The smallest absolute Gasteiger partial charge is 0.332 e. The highest BCUT2D eigenvalue weighted by atomic mass is 79.9. The van der Waals surface area contributed by atoms with Crippen LogP contribution in [0.5, 0.6) is 0 Å². The van der Waals surface area contributed by atoms with E-state index in [9.17, 15) is 9.59 Å². The summed E-state index contributed by atoms with van der Waals surface area (Å²) < 4.78 is 10.1. The van der Waals surface area contributed by atoms with Crippen molar-refractivity contribution in [1.29, 1.82) is 0 Å². The molecule has 7 heteroatoms. The number of hydrogen-bond acceptors (Lipinski definition) is 4. The lowest BCUT2D eigenvalue weighted by Gasteiger charge is -2.16. The average Bonchev–Trinajstić information content (AvgIpc) is 2.23. The average molecular weight is 298 g/mol. The van der Waals surface area contributed by atoms with Crippen LogP contribution >= 0.6 is 15.9 Å². The quantitative estimate of drug-likeness (QED) is 0.384. The predicted octanol–water partition coefficient (Wildman–Crippen LogP) is 0.350. The van der Waals surface area contributed by atoms with Gasteiger partial charge in [0, 0.05) is 6.54 Å². The van der Waals surface area contributed by atoms with Crippen LogP contribution in [0.15, 0.2) is 0 Å². The van der Waals surface area contributed by atoms with E-state index in [0.29, 0.717) is 6.54 Å². The molecule has 16 heavy (non-hydrogen) atoms. The third kappa shape index (κ3) is 7.61. The summed E-state index contributed by atoms with van der Waals surface area (Å²) >= 11 is 3.00. The molecule has 6 nitrogen and oxygen atoms in total. The Morgan fingerprint density at radius 1 is 1.44 bits per heavy atom. The van der Waals surface area contributed by atoms with Crippen LogP contribution < -0.4 is 5.32 Å². The number of halogens is 1. The van der Waals surface area contributed by atoms with Gasteiger partial charge in [0.2, 0.25) is 5.91 Å². The van der Waals surface area contributed by atoms with Gasteiger partial charge >= 0.3 is 5.97 Å². The number of hydrogen-bond donors (Lipinski definition) is 2. The summed E-state index contributed by atoms with van der Waals surface area (Å²) in [4.78, 5) is 21.3. The van der Waals surface area contributed by atoms with Crippen LogP contribution in [0, 0.1) is 0 Å². The first-order valence-electron chi connectivity index (χ1n) is 4.80. The second-order valence-electron chi connectivity index (χ2n) is 3.04. The van der Waals surface area contributed by atoms with Crippen molar-refractivity contribution in [2.45, 2.75) is 26.2 Å². The highest BCUT2D eigenvalue weighted by Gasteiger charge is 2.15. The first-order valence-corrected chi connectivity index (χ1v) is 5.92. The topological polar surface area (TPSA) is 84.9 Å². The zero-order chi connectivity index (χ0) is 12.6. The lowest BCUT2D eigenvalue weighted by atomic mass is 10.4. The van der Waals surface area contributed by atoms with Gasteiger partial charge in [-0.25, -0.2) is 4.79 Å². The molecule has 2 N–H and O–H groups in total. The van der Waals surface area contributed by atoms with Gasteiger partial charge in [0.15, 0.2) is 12.4 Å². The molecular weight excluding hydrogens is 282 g/mol. The number of carbonyl (C=O) groups excluding carboxylic acids is 1. The van der Waals surface area contributed by atoms with Gasteiger partial charge in [0.05, 0.1) is 11.9 Å². The maximum Gasteiger partial charge on any atom is 0.332 e. The Morgan fingerprint density at radius 3 is 2.56 bits per heavy atom. The fourth-order valence-corrected chi connectivity index (χ4v) is 1.05. The van der Waals surface area contributed by atoms with Crippen LogP contribution in [-0.2, 0) is 19.1 Å². The van der Waals surface area contributed by atoms with E-state index in [0.717, 1.165) is 0 Å². The number of rotatable bonds is 8. The third-order valence-electron chi connectivity index (χ3n) is 1.64. The number of carbonyl (C=O) groups is 2. The number of amides is 1. The first kappa shape index (κ1) is 15.3. The van der Waals surface area contributed by atoms with Crippen LogP contribution in [0.1, 0.15) is 13.8 Å². The van der Waals surface area contributed by atoms with Crippen LogP contribution in [0.2, 0.25) is 0 Å². The van der Waals surface area contributed by atoms with E-state index in [1.165, 1.54) is 6.92 Å². The fourth-order valence-electron chi connectivity index (χ4n) is 0.848. The number of nitrogens with one attached hydrogen (secondary N) is 1. The number of aliphatic carboxylic acids is 1. The minimum atomic E-state index is -1.04. The Labute approximate surface area is 102 Å². The van der Waals surface area contributed by atoms with Crippen LogP contribution in [0.4, 0.5) is 0 Å². The molecule has 0 aromatic carbocycles. The second kappa shape index (κ2) is 8.49. The van der Waals surface area contributed by atoms with E-state index in [4.69, 9.17) is 14.6 Å². The van der Waals surface area contributed by atoms with Crippen molar-refractivity contribution in [1.82, 2.24) is 5.32 Å². The molecule has 0 aliphatic heterocycles. The Balaban J connectivity index is 3.54. The summed E-state index contributed by atoms with van der Waals surface area (Å²) in [6, 6.07) is 0. The van der Waals surface area contributed by atoms with Crippen molar-refractivity contribution in [2.24, 2.45) is 0 Å². The molecule has 0 aromatic heterocycles. The molecule has 0 aromatic rings. The van der Waals surface area contributed by atoms with Gasteiger partial charge in [-0.3, -0.25) is 4.79 Å². The highest BCUT2D eigenvalue weighted by Crippen LogP contribution is 1.99. The Morgan fingerprint density at radius 2 is 2.06 bits per heavy atom. The summed E-state index contributed by atoms with van der Waals surface area (Å²) in [7, 11) is 0. The van der Waals surface area contributed by atoms with E-state index in [1.54, 1.807) is 6.92 Å². The van der Waals surface area contributed by atoms with E-state index in [-0.39, 0.29) is 17.8 Å². The van der Waals surface area contributed by atoms with Gasteiger partial charge < -0.3 is 19.9 Å². The monoisotopic (exact) mass is 297 g/mol. The van der Waals surface area contributed by atoms with Crippen LogP contribution in [0.25, 0.3) is 0 Å². The fraction of sp³-hybridized carbons (Fsp3) is 0.778. The van der Waals surface area contributed by atoms with E-state index in [2.05, 4.69) is 21.2 Å². The maximum absolute atomic E-state index is 10.8. The van der Waals surface area contributed by atoms with E-state index in [1.807, 2.05) is 0 Å². The Hall–Kier alpha value is -0.660. The zero-order valence-electron chi connectivity index (χ0n) is 9.23. The van der Waals surface area contributed by atoms with Crippen molar-refractivity contribution < 1.29 is 24.2 Å². The Kier molecular flexibility index (Phi) is 8.14. The summed E-state index contributed by atoms with van der Waals surface area (Å²) in [5.41, 5.74) is 0. The lowest BCUT2D eigenvalue weighted by Crippen LogP contribution is -2.31. The molecule has 94 valence electrons. The molecule has 0 heterocycles. The van der Waals surface area contributed by atoms with Crippen molar-refractivity contribution in [2.75, 3.05) is 18.5 Å². The van der Waals surface area contributed by atoms with Gasteiger partial charge in [-0.2, -0.15) is 0 Å². The van der Waals surface area contributed by atoms with Gasteiger partial charge in [0.1, 0.15) is 0 Å². The third-order valence-corrected chi connectivity index (χ3v) is 2.15. The van der Waals surface area contributed by atoms with Crippen molar-refractivity contribution in [3.63, 3.8) is 0 Å². The van der Waals surface area contributed by atoms with Crippen molar-refractivity contribution in [3.8, 4) is 0 Å². The molecule has 0 aliphatic carbocycles. The standard InChI is InChI=1S/C9H16BrNO5/c1-6(9(13)14)16-7(2)15-4-3-11-8(12)5-10/h6-7H,3-5H2,1-2H3,(H,11,12)(H,13,14).